The second-order valence-corrected chi connectivity index (χ2v) is 5.56. The molecular weight excluding hydrogens is 228 g/mol. The van der Waals surface area contributed by atoms with Gasteiger partial charge in [-0.15, -0.1) is 11.6 Å². The number of rotatable bonds is 12. The second kappa shape index (κ2) is 14.1. The zero-order valence-electron chi connectivity index (χ0n) is 11.9. The van der Waals surface area contributed by atoms with Gasteiger partial charge in [0.1, 0.15) is 0 Å². The molecule has 0 aliphatic heterocycles. The summed E-state index contributed by atoms with van der Waals surface area (Å²) in [7, 11) is 0. The molecule has 0 radical (unpaired) electrons. The van der Waals surface area contributed by atoms with E-state index in [4.69, 9.17) is 11.6 Å². The van der Waals surface area contributed by atoms with Gasteiger partial charge in [-0.2, -0.15) is 0 Å². The highest BCUT2D eigenvalue weighted by Crippen LogP contribution is 2.11. The number of alkyl halides is 1. The molecule has 0 rings (SSSR count). The van der Waals surface area contributed by atoms with E-state index < -0.39 is 0 Å². The van der Waals surface area contributed by atoms with Crippen LogP contribution in [-0.2, 0) is 0 Å². The van der Waals surface area contributed by atoms with E-state index in [-0.39, 0.29) is 5.38 Å². The van der Waals surface area contributed by atoms with Gasteiger partial charge < -0.3 is 0 Å². The lowest BCUT2D eigenvalue weighted by molar-refractivity contribution is 0.592. The van der Waals surface area contributed by atoms with Gasteiger partial charge in [0.25, 0.3) is 0 Å². The molecule has 0 aromatic carbocycles. The molecule has 0 aliphatic carbocycles. The number of hydrogen-bond donors (Lipinski definition) is 0. The second-order valence-electron chi connectivity index (χ2n) is 5.00. The summed E-state index contributed by atoms with van der Waals surface area (Å²) in [5, 5.41) is 0.263. The van der Waals surface area contributed by atoms with Gasteiger partial charge in [-0.25, -0.2) is 0 Å². The number of allylic oxidation sites excluding steroid dienone is 2. The molecule has 0 bridgehead atoms. The van der Waals surface area contributed by atoms with Crippen LogP contribution in [0.4, 0.5) is 0 Å². The van der Waals surface area contributed by atoms with Crippen LogP contribution < -0.4 is 0 Å². The van der Waals surface area contributed by atoms with Crippen molar-refractivity contribution in [3.05, 3.63) is 12.2 Å². The highest BCUT2D eigenvalue weighted by atomic mass is 35.5. The van der Waals surface area contributed by atoms with Gasteiger partial charge in [0, 0.05) is 0 Å². The zero-order chi connectivity index (χ0) is 12.8. The molecule has 17 heavy (non-hydrogen) atoms. The Morgan fingerprint density at radius 2 is 1.41 bits per heavy atom. The summed E-state index contributed by atoms with van der Waals surface area (Å²) in [6.07, 6.45) is 19.0. The van der Waals surface area contributed by atoms with Crippen LogP contribution in [0.1, 0.15) is 84.5 Å². The minimum absolute atomic E-state index is 0.263. The molecule has 0 N–H and O–H groups in total. The number of unbranched alkanes of at least 4 members (excludes halogenated alkanes) is 8. The third-order valence-electron chi connectivity index (χ3n) is 3.15. The van der Waals surface area contributed by atoms with Gasteiger partial charge >= 0.3 is 0 Å². The van der Waals surface area contributed by atoms with Gasteiger partial charge in [-0.3, -0.25) is 0 Å². The van der Waals surface area contributed by atoms with Crippen LogP contribution in [-0.4, -0.2) is 5.38 Å². The topological polar surface area (TPSA) is 0 Å². The maximum Gasteiger partial charge on any atom is 0.0516 e. The summed E-state index contributed by atoms with van der Waals surface area (Å²) in [5.74, 6) is 0. The van der Waals surface area contributed by atoms with Crippen LogP contribution in [0.3, 0.4) is 0 Å². The molecule has 0 spiro atoms. The van der Waals surface area contributed by atoms with E-state index in [1.165, 1.54) is 64.2 Å². The van der Waals surface area contributed by atoms with Crippen molar-refractivity contribution in [2.24, 2.45) is 0 Å². The highest BCUT2D eigenvalue weighted by molar-refractivity contribution is 6.21. The molecule has 0 amide bonds. The summed E-state index contributed by atoms with van der Waals surface area (Å²) >= 11 is 6.17. The summed E-state index contributed by atoms with van der Waals surface area (Å²) in [4.78, 5) is 0. The van der Waals surface area contributed by atoms with Gasteiger partial charge in [0.05, 0.1) is 5.38 Å². The first kappa shape index (κ1) is 17.0. The minimum Gasteiger partial charge on any atom is -0.118 e. The predicted octanol–water partition coefficient (Wildman–Crippen LogP) is 6.48. The maximum atomic E-state index is 6.17. The zero-order valence-corrected chi connectivity index (χ0v) is 12.6. The van der Waals surface area contributed by atoms with E-state index in [1.807, 2.05) is 0 Å². The number of halogens is 1. The Hall–Kier alpha value is 0.0300. The van der Waals surface area contributed by atoms with Crippen molar-refractivity contribution in [1.82, 2.24) is 0 Å². The first-order valence-corrected chi connectivity index (χ1v) is 8.05. The van der Waals surface area contributed by atoms with Crippen molar-refractivity contribution in [3.63, 3.8) is 0 Å². The fourth-order valence-corrected chi connectivity index (χ4v) is 2.22. The van der Waals surface area contributed by atoms with Crippen molar-refractivity contribution in [3.8, 4) is 0 Å². The van der Waals surface area contributed by atoms with Gasteiger partial charge in [-0.05, 0) is 19.3 Å². The Morgan fingerprint density at radius 3 is 2.06 bits per heavy atom. The van der Waals surface area contributed by atoms with Crippen LogP contribution in [0.25, 0.3) is 0 Å². The first-order chi connectivity index (χ1) is 8.31. The van der Waals surface area contributed by atoms with Crippen molar-refractivity contribution >= 4 is 11.6 Å². The summed E-state index contributed by atoms with van der Waals surface area (Å²) < 4.78 is 0. The summed E-state index contributed by atoms with van der Waals surface area (Å²) in [6.45, 7) is 4.48. The summed E-state index contributed by atoms with van der Waals surface area (Å²) in [6, 6.07) is 0. The molecule has 1 atom stereocenters. The van der Waals surface area contributed by atoms with Crippen LogP contribution >= 0.6 is 11.6 Å². The Labute approximate surface area is 114 Å². The Bertz CT molecular complexity index is 163. The normalized spacial score (nSPS) is 13.4. The molecule has 0 nitrogen and oxygen atoms in total. The highest BCUT2D eigenvalue weighted by Gasteiger charge is 1.97. The molecule has 0 aromatic rings. The van der Waals surface area contributed by atoms with E-state index in [2.05, 4.69) is 26.0 Å². The summed E-state index contributed by atoms with van der Waals surface area (Å²) in [5.41, 5.74) is 0. The quantitative estimate of drug-likeness (QED) is 0.213. The molecule has 0 saturated carbocycles. The molecular formula is C16H31Cl. The van der Waals surface area contributed by atoms with Gasteiger partial charge in [-0.1, -0.05) is 77.4 Å². The molecule has 0 saturated heterocycles. The Kier molecular flexibility index (Phi) is 14.1. The molecule has 102 valence electrons. The monoisotopic (exact) mass is 258 g/mol. The molecule has 1 unspecified atom stereocenters. The molecule has 0 fully saturated rings. The van der Waals surface area contributed by atoms with E-state index in [9.17, 15) is 0 Å². The lowest BCUT2D eigenvalue weighted by Gasteiger charge is -2.02. The average molecular weight is 259 g/mol. The van der Waals surface area contributed by atoms with Crippen LogP contribution in [0, 0.1) is 0 Å². The van der Waals surface area contributed by atoms with Gasteiger partial charge in [0.15, 0.2) is 0 Å². The molecule has 0 aromatic heterocycles. The Morgan fingerprint density at radius 1 is 0.824 bits per heavy atom. The van der Waals surface area contributed by atoms with Crippen molar-refractivity contribution in [2.45, 2.75) is 89.9 Å². The molecule has 0 heterocycles. The van der Waals surface area contributed by atoms with Crippen LogP contribution in [0.15, 0.2) is 12.2 Å². The van der Waals surface area contributed by atoms with Crippen LogP contribution in [0.2, 0.25) is 0 Å². The fraction of sp³-hybridized carbons (Fsp3) is 0.875. The fourth-order valence-electron chi connectivity index (χ4n) is 1.96. The van der Waals surface area contributed by atoms with E-state index >= 15 is 0 Å². The largest absolute Gasteiger partial charge is 0.118 e. The van der Waals surface area contributed by atoms with Crippen molar-refractivity contribution in [1.29, 1.82) is 0 Å². The maximum absolute atomic E-state index is 6.17. The van der Waals surface area contributed by atoms with E-state index in [0.717, 1.165) is 6.42 Å². The first-order valence-electron chi connectivity index (χ1n) is 7.62. The lowest BCUT2D eigenvalue weighted by atomic mass is 10.1. The third-order valence-corrected chi connectivity index (χ3v) is 3.52. The Balaban J connectivity index is 3.18. The van der Waals surface area contributed by atoms with E-state index in [0.29, 0.717) is 0 Å². The lowest BCUT2D eigenvalue weighted by Crippen LogP contribution is -1.92. The van der Waals surface area contributed by atoms with Crippen molar-refractivity contribution < 1.29 is 0 Å². The van der Waals surface area contributed by atoms with E-state index in [1.54, 1.807) is 0 Å². The number of hydrogen-bond acceptors (Lipinski definition) is 0. The smallest absolute Gasteiger partial charge is 0.0516 e. The van der Waals surface area contributed by atoms with Crippen LogP contribution in [0.5, 0.6) is 0 Å². The van der Waals surface area contributed by atoms with Crippen molar-refractivity contribution in [2.75, 3.05) is 0 Å². The average Bonchev–Trinajstić information content (AvgIpc) is 2.34. The third kappa shape index (κ3) is 14.0. The minimum atomic E-state index is 0.263. The predicted molar refractivity (Wildman–Crippen MR) is 80.9 cm³/mol. The molecule has 1 heteroatoms. The SMILES string of the molecule is CCCCCCCCCC=CC(Cl)CCCC. The molecule has 0 aliphatic rings. The standard InChI is InChI=1S/C16H31Cl/c1-3-5-7-8-9-10-11-12-13-15-16(17)14-6-4-2/h13,15-16H,3-12,14H2,1-2H3. The van der Waals surface area contributed by atoms with Gasteiger partial charge in [0.2, 0.25) is 0 Å².